The highest BCUT2D eigenvalue weighted by molar-refractivity contribution is 6.42. The van der Waals surface area contributed by atoms with Crippen molar-refractivity contribution in [2.24, 2.45) is 11.8 Å². The molecular weight excluding hydrogens is 299 g/mol. The third-order valence-electron chi connectivity index (χ3n) is 3.04. The molecule has 108 valence electrons. The van der Waals surface area contributed by atoms with E-state index in [0.29, 0.717) is 22.0 Å². The molecule has 1 aromatic rings. The summed E-state index contributed by atoms with van der Waals surface area (Å²) in [5.74, 6) is -1.03. The van der Waals surface area contributed by atoms with Crippen LogP contribution in [-0.4, -0.2) is 17.4 Å². The first-order valence-corrected chi connectivity index (χ1v) is 7.17. The summed E-state index contributed by atoms with van der Waals surface area (Å²) in [5.41, 5.74) is -0.0490. The van der Waals surface area contributed by atoms with E-state index in [4.69, 9.17) is 27.9 Å². The van der Waals surface area contributed by atoms with E-state index in [2.05, 4.69) is 0 Å². The second-order valence-corrected chi connectivity index (χ2v) is 6.79. The maximum absolute atomic E-state index is 12.2. The highest BCUT2D eigenvalue weighted by Gasteiger charge is 2.49. The van der Waals surface area contributed by atoms with Crippen molar-refractivity contribution >= 4 is 35.0 Å². The SMILES string of the molecule is CC(C)(C)OC(=O)C1CC1C(=O)c1ccc(Cl)c(Cl)c1. The van der Waals surface area contributed by atoms with Crippen LogP contribution in [0.1, 0.15) is 37.6 Å². The number of rotatable bonds is 3. The second-order valence-electron chi connectivity index (χ2n) is 5.98. The first-order valence-electron chi connectivity index (χ1n) is 6.41. The maximum Gasteiger partial charge on any atom is 0.310 e. The Morgan fingerprint density at radius 1 is 1.15 bits per heavy atom. The Labute approximate surface area is 128 Å². The van der Waals surface area contributed by atoms with Crippen LogP contribution in [0.3, 0.4) is 0 Å². The predicted molar refractivity (Wildman–Crippen MR) is 78.2 cm³/mol. The van der Waals surface area contributed by atoms with Crippen LogP contribution in [0.25, 0.3) is 0 Å². The van der Waals surface area contributed by atoms with Gasteiger partial charge in [-0.15, -0.1) is 0 Å². The average Bonchev–Trinajstić information content (AvgIpc) is 3.09. The Morgan fingerprint density at radius 3 is 2.35 bits per heavy atom. The van der Waals surface area contributed by atoms with Crippen molar-refractivity contribution in [2.75, 3.05) is 0 Å². The minimum absolute atomic E-state index is 0.0839. The Bertz CT molecular complexity index is 561. The lowest BCUT2D eigenvalue weighted by molar-refractivity contribution is -0.156. The quantitative estimate of drug-likeness (QED) is 0.621. The monoisotopic (exact) mass is 314 g/mol. The molecular formula is C15H16Cl2O3. The number of ketones is 1. The van der Waals surface area contributed by atoms with Gasteiger partial charge >= 0.3 is 5.97 Å². The van der Waals surface area contributed by atoms with Crippen LogP contribution in [0.15, 0.2) is 18.2 Å². The molecule has 2 unspecified atom stereocenters. The summed E-state index contributed by atoms with van der Waals surface area (Å²) < 4.78 is 5.28. The molecule has 1 saturated carbocycles. The van der Waals surface area contributed by atoms with Gasteiger partial charge in [-0.1, -0.05) is 23.2 Å². The molecule has 0 aliphatic heterocycles. The Hall–Kier alpha value is -1.06. The van der Waals surface area contributed by atoms with Crippen LogP contribution < -0.4 is 0 Å². The van der Waals surface area contributed by atoms with Crippen molar-refractivity contribution in [2.45, 2.75) is 32.8 Å². The zero-order valence-corrected chi connectivity index (χ0v) is 13.1. The molecule has 1 aromatic carbocycles. The number of carbonyl (C=O) groups excluding carboxylic acids is 2. The van der Waals surface area contributed by atoms with Crippen molar-refractivity contribution in [3.8, 4) is 0 Å². The molecule has 0 N–H and O–H groups in total. The van der Waals surface area contributed by atoms with Crippen molar-refractivity contribution in [3.63, 3.8) is 0 Å². The van der Waals surface area contributed by atoms with Gasteiger partial charge in [0.1, 0.15) is 5.60 Å². The number of ether oxygens (including phenoxy) is 1. The Morgan fingerprint density at radius 2 is 1.80 bits per heavy atom. The zero-order valence-electron chi connectivity index (χ0n) is 11.6. The van der Waals surface area contributed by atoms with E-state index in [1.165, 1.54) is 6.07 Å². The Kier molecular flexibility index (Phi) is 4.12. The number of esters is 1. The fourth-order valence-electron chi connectivity index (χ4n) is 1.99. The van der Waals surface area contributed by atoms with Gasteiger partial charge in [-0.2, -0.15) is 0 Å². The fourth-order valence-corrected chi connectivity index (χ4v) is 2.28. The molecule has 20 heavy (non-hydrogen) atoms. The van der Waals surface area contributed by atoms with Gasteiger partial charge in [0.15, 0.2) is 5.78 Å². The van der Waals surface area contributed by atoms with Gasteiger partial charge in [0.05, 0.1) is 16.0 Å². The molecule has 1 fully saturated rings. The molecule has 0 aromatic heterocycles. The second kappa shape index (κ2) is 5.38. The summed E-state index contributed by atoms with van der Waals surface area (Å²) in [6.45, 7) is 5.43. The van der Waals surface area contributed by atoms with Crippen molar-refractivity contribution in [1.82, 2.24) is 0 Å². The van der Waals surface area contributed by atoms with Crippen LogP contribution in [0.5, 0.6) is 0 Å². The molecule has 0 heterocycles. The highest BCUT2D eigenvalue weighted by atomic mass is 35.5. The molecule has 2 rings (SSSR count). The van der Waals surface area contributed by atoms with Crippen LogP contribution >= 0.6 is 23.2 Å². The van der Waals surface area contributed by atoms with Crippen molar-refractivity contribution < 1.29 is 14.3 Å². The van der Waals surface area contributed by atoms with E-state index in [1.807, 2.05) is 20.8 Å². The van der Waals surface area contributed by atoms with Crippen LogP contribution in [0, 0.1) is 11.8 Å². The zero-order chi connectivity index (χ0) is 15.1. The third-order valence-corrected chi connectivity index (χ3v) is 3.78. The standard InChI is InChI=1S/C15H16Cl2O3/c1-15(2,3)20-14(19)10-7-9(10)13(18)8-4-5-11(16)12(17)6-8/h4-6,9-10H,7H2,1-3H3. The smallest absolute Gasteiger partial charge is 0.310 e. The summed E-state index contributed by atoms with van der Waals surface area (Å²) in [6.07, 6.45) is 0.536. The highest BCUT2D eigenvalue weighted by Crippen LogP contribution is 2.43. The number of hydrogen-bond acceptors (Lipinski definition) is 3. The Balaban J connectivity index is 2.02. The first kappa shape index (κ1) is 15.3. The van der Waals surface area contributed by atoms with Crippen molar-refractivity contribution in [3.05, 3.63) is 33.8 Å². The van der Waals surface area contributed by atoms with Gasteiger partial charge in [-0.25, -0.2) is 0 Å². The topological polar surface area (TPSA) is 43.4 Å². The van der Waals surface area contributed by atoms with Gasteiger partial charge in [-0.05, 0) is 45.4 Å². The summed E-state index contributed by atoms with van der Waals surface area (Å²) in [6, 6.07) is 4.75. The number of hydrogen-bond donors (Lipinski definition) is 0. The number of halogens is 2. The fraction of sp³-hybridized carbons (Fsp3) is 0.467. The summed E-state index contributed by atoms with van der Waals surface area (Å²) >= 11 is 11.7. The molecule has 1 aliphatic carbocycles. The predicted octanol–water partition coefficient (Wildman–Crippen LogP) is 4.15. The molecule has 0 amide bonds. The average molecular weight is 315 g/mol. The largest absolute Gasteiger partial charge is 0.460 e. The van der Waals surface area contributed by atoms with E-state index in [-0.39, 0.29) is 23.6 Å². The van der Waals surface area contributed by atoms with Crippen LogP contribution in [0.2, 0.25) is 10.0 Å². The molecule has 2 atom stereocenters. The number of Topliss-reactive ketones (excluding diaryl/α,β-unsaturated/α-hetero) is 1. The molecule has 0 saturated heterocycles. The third kappa shape index (κ3) is 3.53. The summed E-state index contributed by atoms with van der Waals surface area (Å²) in [7, 11) is 0. The van der Waals surface area contributed by atoms with Gasteiger partial charge in [0.25, 0.3) is 0 Å². The van der Waals surface area contributed by atoms with Gasteiger partial charge < -0.3 is 4.74 Å². The summed E-state index contributed by atoms with van der Waals surface area (Å²) in [4.78, 5) is 24.1. The lowest BCUT2D eigenvalue weighted by atomic mass is 10.1. The van der Waals surface area contributed by atoms with E-state index in [9.17, 15) is 9.59 Å². The van der Waals surface area contributed by atoms with E-state index in [0.717, 1.165) is 0 Å². The molecule has 0 spiro atoms. The molecule has 3 nitrogen and oxygen atoms in total. The van der Waals surface area contributed by atoms with Crippen LogP contribution in [-0.2, 0) is 9.53 Å². The van der Waals surface area contributed by atoms with Gasteiger partial charge in [0, 0.05) is 11.5 Å². The van der Waals surface area contributed by atoms with E-state index >= 15 is 0 Å². The molecule has 0 bridgehead atoms. The number of benzene rings is 1. The molecule has 1 aliphatic rings. The lowest BCUT2D eigenvalue weighted by Gasteiger charge is -2.19. The van der Waals surface area contributed by atoms with E-state index in [1.54, 1.807) is 12.1 Å². The minimum atomic E-state index is -0.531. The number of carbonyl (C=O) groups is 2. The maximum atomic E-state index is 12.2. The van der Waals surface area contributed by atoms with E-state index < -0.39 is 5.60 Å². The van der Waals surface area contributed by atoms with Crippen molar-refractivity contribution in [1.29, 1.82) is 0 Å². The first-order chi connectivity index (χ1) is 9.19. The normalized spacial score (nSPS) is 21.4. The minimum Gasteiger partial charge on any atom is -0.460 e. The molecule has 0 radical (unpaired) electrons. The van der Waals surface area contributed by atoms with Gasteiger partial charge in [0.2, 0.25) is 0 Å². The lowest BCUT2D eigenvalue weighted by Crippen LogP contribution is -2.25. The van der Waals surface area contributed by atoms with Gasteiger partial charge in [-0.3, -0.25) is 9.59 Å². The summed E-state index contributed by atoms with van der Waals surface area (Å²) in [5, 5.41) is 0.745. The molecule has 5 heteroatoms. The van der Waals surface area contributed by atoms with Crippen LogP contribution in [0.4, 0.5) is 0 Å².